The average molecular weight is 402 g/mol. The zero-order chi connectivity index (χ0) is 20.1. The maximum Gasteiger partial charge on any atom is 0.355 e. The molecule has 1 amide bonds. The predicted octanol–water partition coefficient (Wildman–Crippen LogP) is 3.21. The lowest BCUT2D eigenvalue weighted by atomic mass is 10.2. The number of amides is 1. The first-order valence-electron chi connectivity index (χ1n) is 8.78. The van der Waals surface area contributed by atoms with E-state index in [9.17, 15) is 9.59 Å². The van der Waals surface area contributed by atoms with Crippen LogP contribution in [-0.4, -0.2) is 37.3 Å². The normalized spacial score (nSPS) is 10.7. The molecule has 3 rings (SSSR count). The Balaban J connectivity index is 1.74. The van der Waals surface area contributed by atoms with E-state index in [1.54, 1.807) is 37.8 Å². The zero-order valence-electron chi connectivity index (χ0n) is 16.0. The minimum absolute atomic E-state index is 0.0244. The summed E-state index contributed by atoms with van der Waals surface area (Å²) in [5.74, 6) is 0.664. The highest BCUT2D eigenvalue weighted by atomic mass is 32.1. The number of benzene rings is 1. The minimum atomic E-state index is -0.435. The van der Waals surface area contributed by atoms with Gasteiger partial charge in [-0.2, -0.15) is 0 Å². The van der Waals surface area contributed by atoms with Crippen LogP contribution in [0.5, 0.6) is 11.5 Å². The number of rotatable bonds is 8. The first-order valence-corrected chi connectivity index (χ1v) is 9.66. The molecular weight excluding hydrogens is 380 g/mol. The lowest BCUT2D eigenvalue weighted by molar-refractivity contribution is -0.121. The van der Waals surface area contributed by atoms with E-state index in [2.05, 4.69) is 5.32 Å². The summed E-state index contributed by atoms with van der Waals surface area (Å²) in [5.41, 5.74) is 1.21. The molecule has 0 fully saturated rings. The van der Waals surface area contributed by atoms with Gasteiger partial charge in [0, 0.05) is 23.6 Å². The summed E-state index contributed by atoms with van der Waals surface area (Å²) in [7, 11) is 3.15. The van der Waals surface area contributed by atoms with E-state index in [-0.39, 0.29) is 19.1 Å². The molecule has 0 bridgehead atoms. The number of nitrogens with zero attached hydrogens (tertiary/aromatic N) is 1. The van der Waals surface area contributed by atoms with Crippen molar-refractivity contribution in [2.75, 3.05) is 20.8 Å². The molecule has 2 aromatic heterocycles. The number of fused-ring (bicyclic) bond motifs is 1. The quantitative estimate of drug-likeness (QED) is 0.586. The lowest BCUT2D eigenvalue weighted by Gasteiger charge is -2.13. The van der Waals surface area contributed by atoms with Crippen molar-refractivity contribution in [3.63, 3.8) is 0 Å². The third-order valence-corrected chi connectivity index (χ3v) is 5.21. The largest absolute Gasteiger partial charge is 0.497 e. The van der Waals surface area contributed by atoms with E-state index >= 15 is 0 Å². The molecule has 0 saturated carbocycles. The molecule has 1 N–H and O–H groups in total. The third-order valence-electron chi connectivity index (χ3n) is 4.26. The number of aromatic nitrogens is 1. The number of carbonyl (C=O) groups is 2. The monoisotopic (exact) mass is 402 g/mol. The first kappa shape index (κ1) is 19.8. The van der Waals surface area contributed by atoms with Crippen molar-refractivity contribution in [2.24, 2.45) is 0 Å². The highest BCUT2D eigenvalue weighted by Crippen LogP contribution is 2.26. The van der Waals surface area contributed by atoms with Crippen molar-refractivity contribution in [2.45, 2.75) is 20.0 Å². The molecule has 3 aromatic rings. The van der Waals surface area contributed by atoms with Gasteiger partial charge in [0.05, 0.1) is 20.8 Å². The Hall–Kier alpha value is -3.00. The highest BCUT2D eigenvalue weighted by molar-refractivity contribution is 7.16. The van der Waals surface area contributed by atoms with Crippen LogP contribution in [0.4, 0.5) is 0 Å². The van der Waals surface area contributed by atoms with Crippen LogP contribution in [0.1, 0.15) is 23.0 Å². The first-order chi connectivity index (χ1) is 13.6. The van der Waals surface area contributed by atoms with E-state index in [0.717, 1.165) is 15.8 Å². The maximum absolute atomic E-state index is 12.6. The van der Waals surface area contributed by atoms with Crippen molar-refractivity contribution in [3.05, 3.63) is 47.0 Å². The van der Waals surface area contributed by atoms with Gasteiger partial charge in [-0.1, -0.05) is 0 Å². The molecule has 1 aromatic carbocycles. The number of carbonyl (C=O) groups excluding carboxylic acids is 2. The molecule has 7 nitrogen and oxygen atoms in total. The summed E-state index contributed by atoms with van der Waals surface area (Å²) in [6.45, 7) is 2.36. The summed E-state index contributed by atoms with van der Waals surface area (Å²) < 4.78 is 17.3. The van der Waals surface area contributed by atoms with Crippen LogP contribution in [-0.2, 0) is 22.6 Å². The number of hydrogen-bond acceptors (Lipinski definition) is 6. The second kappa shape index (κ2) is 8.79. The van der Waals surface area contributed by atoms with Gasteiger partial charge in [-0.15, -0.1) is 11.3 Å². The van der Waals surface area contributed by atoms with Gasteiger partial charge in [0.25, 0.3) is 0 Å². The molecule has 0 aliphatic heterocycles. The zero-order valence-corrected chi connectivity index (χ0v) is 16.8. The van der Waals surface area contributed by atoms with Crippen molar-refractivity contribution in [1.29, 1.82) is 0 Å². The predicted molar refractivity (Wildman–Crippen MR) is 107 cm³/mol. The topological polar surface area (TPSA) is 78.8 Å². The third kappa shape index (κ3) is 4.12. The number of esters is 1. The second-order valence-corrected chi connectivity index (χ2v) is 6.87. The molecule has 0 spiro atoms. The molecule has 0 aliphatic rings. The van der Waals surface area contributed by atoms with Gasteiger partial charge in [-0.3, -0.25) is 4.79 Å². The fourth-order valence-corrected chi connectivity index (χ4v) is 3.79. The van der Waals surface area contributed by atoms with Crippen LogP contribution < -0.4 is 14.8 Å². The van der Waals surface area contributed by atoms with E-state index in [4.69, 9.17) is 14.2 Å². The summed E-state index contributed by atoms with van der Waals surface area (Å²) in [6.07, 6.45) is 0. The molecule has 0 atom stereocenters. The van der Waals surface area contributed by atoms with Crippen molar-refractivity contribution in [3.8, 4) is 11.5 Å². The summed E-state index contributed by atoms with van der Waals surface area (Å²) in [5, 5.41) is 5.72. The SMILES string of the molecule is CCOC(=O)c1cc2ccsc2n1CC(=O)NCc1ccc(OC)cc1OC. The van der Waals surface area contributed by atoms with Gasteiger partial charge in [-0.05, 0) is 36.6 Å². The molecule has 8 heteroatoms. The molecular formula is C20H22N2O5S. The fourth-order valence-electron chi connectivity index (χ4n) is 2.90. The number of nitrogens with one attached hydrogen (secondary N) is 1. The molecule has 0 radical (unpaired) electrons. The van der Waals surface area contributed by atoms with E-state index < -0.39 is 5.97 Å². The van der Waals surface area contributed by atoms with Gasteiger partial charge >= 0.3 is 5.97 Å². The van der Waals surface area contributed by atoms with Crippen molar-refractivity contribution >= 4 is 33.4 Å². The summed E-state index contributed by atoms with van der Waals surface area (Å²) >= 11 is 1.48. The molecule has 148 valence electrons. The standard InChI is InChI=1S/C20H22N2O5S/c1-4-27-20(24)16-9-13-7-8-28-19(13)22(16)12-18(23)21-11-14-5-6-15(25-2)10-17(14)26-3/h5-10H,4,11-12H2,1-3H3,(H,21,23). The Morgan fingerprint density at radius 2 is 1.96 bits per heavy atom. The van der Waals surface area contributed by atoms with Gasteiger partial charge in [0.2, 0.25) is 5.91 Å². The Morgan fingerprint density at radius 1 is 1.14 bits per heavy atom. The number of thiophene rings is 1. The van der Waals surface area contributed by atoms with Gasteiger partial charge in [-0.25, -0.2) is 4.79 Å². The fraction of sp³-hybridized carbons (Fsp3) is 0.300. The summed E-state index contributed by atoms with van der Waals surface area (Å²) in [4.78, 5) is 25.7. The number of hydrogen-bond donors (Lipinski definition) is 1. The molecule has 0 saturated heterocycles. The van der Waals surface area contributed by atoms with Gasteiger partial charge < -0.3 is 24.1 Å². The summed E-state index contributed by atoms with van der Waals surface area (Å²) in [6, 6.07) is 9.09. The molecule has 2 heterocycles. The Labute approximate surface area is 166 Å². The smallest absolute Gasteiger partial charge is 0.355 e. The Bertz CT molecular complexity index is 992. The van der Waals surface area contributed by atoms with Crippen LogP contribution in [0.25, 0.3) is 10.2 Å². The van der Waals surface area contributed by atoms with E-state index in [1.165, 1.54) is 11.3 Å². The average Bonchev–Trinajstić information content (AvgIpc) is 3.29. The van der Waals surface area contributed by atoms with Crippen LogP contribution in [0, 0.1) is 0 Å². The minimum Gasteiger partial charge on any atom is -0.497 e. The van der Waals surface area contributed by atoms with E-state index in [1.807, 2.05) is 23.6 Å². The van der Waals surface area contributed by atoms with Crippen molar-refractivity contribution < 1.29 is 23.8 Å². The number of ether oxygens (including phenoxy) is 3. The van der Waals surface area contributed by atoms with Gasteiger partial charge in [0.1, 0.15) is 28.6 Å². The Kier molecular flexibility index (Phi) is 6.20. The van der Waals surface area contributed by atoms with E-state index in [0.29, 0.717) is 23.7 Å². The maximum atomic E-state index is 12.6. The lowest BCUT2D eigenvalue weighted by Crippen LogP contribution is -2.28. The van der Waals surface area contributed by atoms with Crippen LogP contribution in [0.2, 0.25) is 0 Å². The molecule has 28 heavy (non-hydrogen) atoms. The molecule has 0 aliphatic carbocycles. The second-order valence-electron chi connectivity index (χ2n) is 5.97. The van der Waals surface area contributed by atoms with Gasteiger partial charge in [0.15, 0.2) is 0 Å². The number of methoxy groups -OCH3 is 2. The van der Waals surface area contributed by atoms with Crippen LogP contribution >= 0.6 is 11.3 Å². The molecule has 0 unspecified atom stereocenters. The van der Waals surface area contributed by atoms with Crippen molar-refractivity contribution in [1.82, 2.24) is 9.88 Å². The highest BCUT2D eigenvalue weighted by Gasteiger charge is 2.19. The van der Waals surface area contributed by atoms with Crippen LogP contribution in [0.3, 0.4) is 0 Å². The Morgan fingerprint density at radius 3 is 2.68 bits per heavy atom. The van der Waals surface area contributed by atoms with Crippen LogP contribution in [0.15, 0.2) is 35.7 Å².